The molecule has 2 aromatic heterocycles. The Bertz CT molecular complexity index is 905. The van der Waals surface area contributed by atoms with Crippen molar-refractivity contribution in [3.05, 3.63) is 59.9 Å². The number of halogens is 7. The average Bonchev–Trinajstić information content (AvgIpc) is 3.15. The second-order valence-electron chi connectivity index (χ2n) is 4.92. The summed E-state index contributed by atoms with van der Waals surface area (Å²) in [6.45, 7) is 0. The van der Waals surface area contributed by atoms with Gasteiger partial charge in [0, 0.05) is 18.5 Å². The molecule has 11 heteroatoms. The highest BCUT2D eigenvalue weighted by molar-refractivity contribution is 5.52. The molecule has 3 aromatic rings. The summed E-state index contributed by atoms with van der Waals surface area (Å²) in [4.78, 5) is 0. The summed E-state index contributed by atoms with van der Waals surface area (Å²) in [7, 11) is 0. The number of aromatic nitrogens is 4. The van der Waals surface area contributed by atoms with Gasteiger partial charge in [0.25, 0.3) is 0 Å². The Morgan fingerprint density at radius 3 is 1.60 bits per heavy atom. The first-order chi connectivity index (χ1) is 11.6. The summed E-state index contributed by atoms with van der Waals surface area (Å²) in [6, 6.07) is 4.24. The molecule has 0 atom stereocenters. The second-order valence-corrected chi connectivity index (χ2v) is 4.92. The van der Waals surface area contributed by atoms with E-state index in [1.807, 2.05) is 0 Å². The minimum atomic E-state index is -4.71. The van der Waals surface area contributed by atoms with E-state index in [2.05, 4.69) is 10.2 Å². The zero-order valence-electron chi connectivity index (χ0n) is 12.0. The smallest absolute Gasteiger partial charge is 0.238 e. The molecule has 0 unspecified atom stereocenters. The number of benzene rings is 1. The molecule has 0 saturated heterocycles. The van der Waals surface area contributed by atoms with Crippen molar-refractivity contribution in [2.24, 2.45) is 0 Å². The first kappa shape index (κ1) is 17.0. The molecule has 0 aliphatic heterocycles. The van der Waals surface area contributed by atoms with Crippen molar-refractivity contribution in [3.8, 4) is 11.4 Å². The Hall–Kier alpha value is -2.85. The van der Waals surface area contributed by atoms with Crippen LogP contribution in [0.1, 0.15) is 11.4 Å². The summed E-state index contributed by atoms with van der Waals surface area (Å²) in [5, 5.41) is 6.63. The molecule has 4 nitrogen and oxygen atoms in total. The fourth-order valence-electron chi connectivity index (χ4n) is 2.09. The molecule has 3 rings (SSSR count). The molecular weight excluding hydrogens is 357 g/mol. The van der Waals surface area contributed by atoms with E-state index in [0.717, 1.165) is 40.0 Å². The van der Waals surface area contributed by atoms with E-state index >= 15 is 0 Å². The first-order valence-corrected chi connectivity index (χ1v) is 6.62. The maximum absolute atomic E-state index is 13.5. The van der Waals surface area contributed by atoms with Crippen molar-refractivity contribution in [3.63, 3.8) is 0 Å². The lowest BCUT2D eigenvalue weighted by Gasteiger charge is -2.10. The fraction of sp³-hybridized carbons (Fsp3) is 0.143. The van der Waals surface area contributed by atoms with E-state index in [4.69, 9.17) is 0 Å². The van der Waals surface area contributed by atoms with Crippen molar-refractivity contribution in [1.29, 1.82) is 0 Å². The zero-order chi connectivity index (χ0) is 18.4. The van der Waals surface area contributed by atoms with Gasteiger partial charge < -0.3 is 0 Å². The van der Waals surface area contributed by atoms with Crippen molar-refractivity contribution in [1.82, 2.24) is 19.6 Å². The van der Waals surface area contributed by atoms with Crippen molar-refractivity contribution in [2.75, 3.05) is 0 Å². The van der Waals surface area contributed by atoms with Gasteiger partial charge in [-0.25, -0.2) is 13.8 Å². The van der Waals surface area contributed by atoms with Crippen LogP contribution in [0.4, 0.5) is 30.7 Å². The molecule has 0 aliphatic rings. The Balaban J connectivity index is 2.11. The molecule has 25 heavy (non-hydrogen) atoms. The first-order valence-electron chi connectivity index (χ1n) is 6.62. The molecule has 2 heterocycles. The third kappa shape index (κ3) is 3.35. The number of alkyl halides is 6. The number of hydrogen-bond acceptors (Lipinski definition) is 2. The Labute approximate surface area is 135 Å². The molecule has 0 spiro atoms. The lowest BCUT2D eigenvalue weighted by Crippen LogP contribution is -2.10. The van der Waals surface area contributed by atoms with Gasteiger partial charge in [0.2, 0.25) is 0 Å². The highest BCUT2D eigenvalue weighted by Gasteiger charge is 2.35. The van der Waals surface area contributed by atoms with Gasteiger partial charge >= 0.3 is 12.4 Å². The molecule has 0 radical (unpaired) electrons. The highest BCUT2D eigenvalue weighted by Crippen LogP contribution is 2.30. The topological polar surface area (TPSA) is 35.6 Å². The Morgan fingerprint density at radius 1 is 0.680 bits per heavy atom. The van der Waals surface area contributed by atoms with Crippen LogP contribution in [0.2, 0.25) is 0 Å². The van der Waals surface area contributed by atoms with Crippen LogP contribution in [-0.2, 0) is 12.4 Å². The predicted molar refractivity (Wildman–Crippen MR) is 70.6 cm³/mol. The Morgan fingerprint density at radius 2 is 1.16 bits per heavy atom. The highest BCUT2D eigenvalue weighted by atomic mass is 19.4. The van der Waals surface area contributed by atoms with Crippen LogP contribution in [0.15, 0.2) is 42.7 Å². The van der Waals surface area contributed by atoms with E-state index in [-0.39, 0.29) is 11.4 Å². The van der Waals surface area contributed by atoms with Crippen LogP contribution < -0.4 is 0 Å². The lowest BCUT2D eigenvalue weighted by atomic mass is 10.2. The fourth-order valence-corrected chi connectivity index (χ4v) is 2.09. The van der Waals surface area contributed by atoms with Gasteiger partial charge in [-0.3, -0.25) is 0 Å². The third-order valence-electron chi connectivity index (χ3n) is 3.19. The predicted octanol–water partition coefficient (Wildman–Crippen LogP) is 4.23. The van der Waals surface area contributed by atoms with Crippen molar-refractivity contribution >= 4 is 0 Å². The molecule has 0 bridgehead atoms. The monoisotopic (exact) mass is 364 g/mol. The van der Waals surface area contributed by atoms with Crippen LogP contribution in [0.25, 0.3) is 11.4 Å². The van der Waals surface area contributed by atoms with Gasteiger partial charge in [0.15, 0.2) is 11.4 Å². The summed E-state index contributed by atoms with van der Waals surface area (Å²) in [5.41, 5.74) is -2.69. The standard InChI is InChI=1S/C14H7F7N4/c15-8-1-2-9(24-5-3-11(22-24)13(16,17)18)10(7-8)25-6-4-12(23-25)14(19,20)21/h1-7H. The van der Waals surface area contributed by atoms with E-state index in [9.17, 15) is 30.7 Å². The SMILES string of the molecule is Fc1ccc(-n2ccc(C(F)(F)F)n2)c(-n2ccc(C(F)(F)F)n2)c1. The minimum Gasteiger partial charge on any atom is -0.238 e. The third-order valence-corrected chi connectivity index (χ3v) is 3.19. The number of rotatable bonds is 2. The van der Waals surface area contributed by atoms with Crippen LogP contribution in [0.5, 0.6) is 0 Å². The summed E-state index contributed by atoms with van der Waals surface area (Å²) < 4.78 is 91.0. The van der Waals surface area contributed by atoms with Gasteiger partial charge in [0.05, 0.1) is 11.4 Å². The molecule has 0 saturated carbocycles. The average molecular weight is 364 g/mol. The van der Waals surface area contributed by atoms with Crippen LogP contribution >= 0.6 is 0 Å². The quantitative estimate of drug-likeness (QED) is 0.638. The van der Waals surface area contributed by atoms with Gasteiger partial charge in [0.1, 0.15) is 5.82 Å². The van der Waals surface area contributed by atoms with E-state index in [1.165, 1.54) is 0 Å². The maximum Gasteiger partial charge on any atom is 0.435 e. The number of nitrogens with zero attached hydrogens (tertiary/aromatic N) is 4. The maximum atomic E-state index is 13.5. The van der Waals surface area contributed by atoms with Crippen LogP contribution in [0.3, 0.4) is 0 Å². The van der Waals surface area contributed by atoms with Crippen molar-refractivity contribution in [2.45, 2.75) is 12.4 Å². The van der Waals surface area contributed by atoms with Gasteiger partial charge in [-0.2, -0.15) is 36.5 Å². The van der Waals surface area contributed by atoms with Crippen LogP contribution in [-0.4, -0.2) is 19.6 Å². The normalized spacial score (nSPS) is 12.6. The van der Waals surface area contributed by atoms with Crippen molar-refractivity contribution < 1.29 is 30.7 Å². The Kier molecular flexibility index (Phi) is 3.81. The largest absolute Gasteiger partial charge is 0.435 e. The molecule has 0 N–H and O–H groups in total. The minimum absolute atomic E-state index is 0.0753. The summed E-state index contributed by atoms with van der Waals surface area (Å²) in [6.07, 6.45) is -7.52. The molecular formula is C14H7F7N4. The summed E-state index contributed by atoms with van der Waals surface area (Å²) in [5.74, 6) is -0.800. The van der Waals surface area contributed by atoms with E-state index in [1.54, 1.807) is 0 Å². The molecule has 1 aromatic carbocycles. The lowest BCUT2D eigenvalue weighted by molar-refractivity contribution is -0.142. The number of hydrogen-bond donors (Lipinski definition) is 0. The molecule has 0 fully saturated rings. The second kappa shape index (κ2) is 5.60. The van der Waals surface area contributed by atoms with Crippen LogP contribution in [0, 0.1) is 5.82 Å². The van der Waals surface area contributed by atoms with E-state index < -0.39 is 29.6 Å². The molecule has 0 aliphatic carbocycles. The molecule has 0 amide bonds. The van der Waals surface area contributed by atoms with Gasteiger partial charge in [-0.1, -0.05) is 0 Å². The van der Waals surface area contributed by atoms with Gasteiger partial charge in [-0.15, -0.1) is 0 Å². The zero-order valence-corrected chi connectivity index (χ0v) is 12.0. The molecule has 132 valence electrons. The summed E-state index contributed by atoms with van der Waals surface area (Å²) >= 11 is 0. The van der Waals surface area contributed by atoms with E-state index in [0.29, 0.717) is 12.1 Å². The van der Waals surface area contributed by atoms with Gasteiger partial charge in [-0.05, 0) is 24.3 Å².